The number of fused-ring (bicyclic) bond motifs is 3. The van der Waals surface area contributed by atoms with Gasteiger partial charge in [0.1, 0.15) is 0 Å². The number of rotatable bonds is 0. The minimum Gasteiger partial charge on any atom is -0.0843 e. The fraction of sp³-hybridized carbons (Fsp3) is 0.250. The third-order valence-electron chi connectivity index (χ3n) is 3.80. The molecule has 2 aromatic carbocycles. The van der Waals surface area contributed by atoms with E-state index in [4.69, 9.17) is 11.6 Å². The van der Waals surface area contributed by atoms with E-state index in [0.29, 0.717) is 0 Å². The Bertz CT molecular complexity index is 656. The summed E-state index contributed by atoms with van der Waals surface area (Å²) in [5.41, 5.74) is 6.60. The smallest absolute Gasteiger partial charge is 0.0409 e. The van der Waals surface area contributed by atoms with E-state index >= 15 is 0 Å². The number of aryl methyl sites for hydroxylation is 1. The zero-order chi connectivity index (χ0) is 13.1. The highest BCUT2D eigenvalue weighted by molar-refractivity contribution is 9.10. The van der Waals surface area contributed by atoms with E-state index in [1.165, 1.54) is 32.3 Å². The summed E-state index contributed by atoms with van der Waals surface area (Å²) in [4.78, 5) is 0. The Morgan fingerprint density at radius 1 is 1.06 bits per heavy atom. The highest BCUT2D eigenvalue weighted by Crippen LogP contribution is 2.52. The van der Waals surface area contributed by atoms with Gasteiger partial charge >= 0.3 is 0 Å². The quantitative estimate of drug-likeness (QED) is 0.582. The summed E-state index contributed by atoms with van der Waals surface area (Å²) in [6, 6.07) is 10.7. The van der Waals surface area contributed by atoms with E-state index in [1.807, 2.05) is 6.07 Å². The second kappa shape index (κ2) is 3.85. The number of hydrogen-bond acceptors (Lipinski definition) is 0. The summed E-state index contributed by atoms with van der Waals surface area (Å²) >= 11 is 9.87. The van der Waals surface area contributed by atoms with Crippen LogP contribution >= 0.6 is 27.5 Å². The average Bonchev–Trinajstić information content (AvgIpc) is 2.47. The van der Waals surface area contributed by atoms with Crippen LogP contribution in [-0.2, 0) is 5.41 Å². The lowest BCUT2D eigenvalue weighted by molar-refractivity contribution is 0.657. The SMILES string of the molecule is Cc1cc(Br)c2c(c1)-c1ccc(Cl)cc1C2(C)C. The summed E-state index contributed by atoms with van der Waals surface area (Å²) in [5, 5.41) is 0.808. The van der Waals surface area contributed by atoms with Crippen LogP contribution in [0.1, 0.15) is 30.5 Å². The summed E-state index contributed by atoms with van der Waals surface area (Å²) in [7, 11) is 0. The Kier molecular flexibility index (Phi) is 2.62. The monoisotopic (exact) mass is 320 g/mol. The minimum atomic E-state index is 0.00208. The largest absolute Gasteiger partial charge is 0.0843 e. The molecule has 0 saturated heterocycles. The molecule has 0 aliphatic heterocycles. The van der Waals surface area contributed by atoms with E-state index in [1.54, 1.807) is 0 Å². The molecule has 0 heterocycles. The summed E-state index contributed by atoms with van der Waals surface area (Å²) in [6.07, 6.45) is 0. The van der Waals surface area contributed by atoms with Crippen LogP contribution < -0.4 is 0 Å². The summed E-state index contributed by atoms with van der Waals surface area (Å²) in [5.74, 6) is 0. The van der Waals surface area contributed by atoms with Crippen LogP contribution in [0, 0.1) is 6.92 Å². The maximum atomic E-state index is 6.15. The molecule has 0 atom stereocenters. The van der Waals surface area contributed by atoms with Crippen LogP contribution in [0.5, 0.6) is 0 Å². The Morgan fingerprint density at radius 2 is 1.78 bits per heavy atom. The zero-order valence-corrected chi connectivity index (χ0v) is 13.0. The molecule has 0 N–H and O–H groups in total. The van der Waals surface area contributed by atoms with Gasteiger partial charge in [0.05, 0.1) is 0 Å². The van der Waals surface area contributed by atoms with Gasteiger partial charge in [-0.1, -0.05) is 53.5 Å². The lowest BCUT2D eigenvalue weighted by Crippen LogP contribution is -2.15. The molecule has 2 heteroatoms. The predicted octanol–water partition coefficient (Wildman–Crippen LogP) is 5.72. The van der Waals surface area contributed by atoms with Gasteiger partial charge in [-0.05, 0) is 52.9 Å². The van der Waals surface area contributed by atoms with Crippen molar-refractivity contribution in [2.24, 2.45) is 0 Å². The summed E-state index contributed by atoms with van der Waals surface area (Å²) in [6.45, 7) is 6.65. The van der Waals surface area contributed by atoms with Crippen LogP contribution in [0.25, 0.3) is 11.1 Å². The predicted molar refractivity (Wildman–Crippen MR) is 81.5 cm³/mol. The van der Waals surface area contributed by atoms with Crippen molar-refractivity contribution in [3.05, 3.63) is 56.5 Å². The van der Waals surface area contributed by atoms with Crippen LogP contribution in [-0.4, -0.2) is 0 Å². The van der Waals surface area contributed by atoms with Gasteiger partial charge in [-0.2, -0.15) is 0 Å². The van der Waals surface area contributed by atoms with Crippen molar-refractivity contribution in [1.29, 1.82) is 0 Å². The van der Waals surface area contributed by atoms with Gasteiger partial charge in [0.25, 0.3) is 0 Å². The molecule has 0 radical (unpaired) electrons. The molecule has 0 unspecified atom stereocenters. The molecule has 92 valence electrons. The molecule has 0 spiro atoms. The molecule has 3 rings (SSSR count). The molecule has 0 aromatic heterocycles. The Labute approximate surface area is 121 Å². The average molecular weight is 322 g/mol. The molecule has 0 amide bonds. The molecule has 0 nitrogen and oxygen atoms in total. The number of benzene rings is 2. The first-order valence-electron chi connectivity index (χ1n) is 6.02. The third-order valence-corrected chi connectivity index (χ3v) is 4.67. The van der Waals surface area contributed by atoms with Crippen LogP contribution in [0.2, 0.25) is 5.02 Å². The molecular weight excluding hydrogens is 308 g/mol. The normalized spacial score (nSPS) is 15.4. The van der Waals surface area contributed by atoms with Gasteiger partial charge in [0, 0.05) is 14.9 Å². The standard InChI is InChI=1S/C16H14BrCl/c1-9-6-12-11-5-4-10(18)8-13(11)16(2,3)15(12)14(17)7-9/h4-8H,1-3H3. The maximum absolute atomic E-state index is 6.15. The molecule has 18 heavy (non-hydrogen) atoms. The van der Waals surface area contributed by atoms with Crippen molar-refractivity contribution in [2.45, 2.75) is 26.2 Å². The molecule has 0 bridgehead atoms. The Balaban J connectivity index is 2.42. The first-order chi connectivity index (χ1) is 8.41. The van der Waals surface area contributed by atoms with Gasteiger partial charge in [0.2, 0.25) is 0 Å². The minimum absolute atomic E-state index is 0.00208. The van der Waals surface area contributed by atoms with E-state index in [-0.39, 0.29) is 5.41 Å². The van der Waals surface area contributed by atoms with E-state index in [2.05, 4.69) is 61.0 Å². The van der Waals surface area contributed by atoms with Crippen molar-refractivity contribution in [3.8, 4) is 11.1 Å². The van der Waals surface area contributed by atoms with Crippen LogP contribution in [0.15, 0.2) is 34.8 Å². The first-order valence-corrected chi connectivity index (χ1v) is 7.19. The van der Waals surface area contributed by atoms with E-state index < -0.39 is 0 Å². The maximum Gasteiger partial charge on any atom is 0.0409 e. The number of hydrogen-bond donors (Lipinski definition) is 0. The van der Waals surface area contributed by atoms with Gasteiger partial charge in [0.15, 0.2) is 0 Å². The zero-order valence-electron chi connectivity index (χ0n) is 10.6. The summed E-state index contributed by atoms with van der Waals surface area (Å²) < 4.78 is 1.19. The first kappa shape index (κ1) is 12.3. The Morgan fingerprint density at radius 3 is 2.50 bits per heavy atom. The fourth-order valence-corrected chi connectivity index (χ4v) is 4.24. The molecule has 1 aliphatic rings. The topological polar surface area (TPSA) is 0 Å². The molecular formula is C16H14BrCl. The van der Waals surface area contributed by atoms with Crippen molar-refractivity contribution < 1.29 is 0 Å². The number of halogens is 2. The highest BCUT2D eigenvalue weighted by atomic mass is 79.9. The van der Waals surface area contributed by atoms with Gasteiger partial charge in [-0.25, -0.2) is 0 Å². The van der Waals surface area contributed by atoms with E-state index in [0.717, 1.165) is 5.02 Å². The van der Waals surface area contributed by atoms with Gasteiger partial charge in [-0.15, -0.1) is 0 Å². The lowest BCUT2D eigenvalue weighted by atomic mass is 9.82. The van der Waals surface area contributed by atoms with E-state index in [9.17, 15) is 0 Å². The molecule has 1 aliphatic carbocycles. The highest BCUT2D eigenvalue weighted by Gasteiger charge is 2.37. The molecule has 0 fully saturated rings. The molecule has 2 aromatic rings. The Hall–Kier alpha value is -0.790. The van der Waals surface area contributed by atoms with Crippen molar-refractivity contribution in [2.75, 3.05) is 0 Å². The second-order valence-corrected chi connectivity index (χ2v) is 6.77. The van der Waals surface area contributed by atoms with Gasteiger partial charge < -0.3 is 0 Å². The second-order valence-electron chi connectivity index (χ2n) is 5.48. The van der Waals surface area contributed by atoms with Crippen molar-refractivity contribution in [3.63, 3.8) is 0 Å². The van der Waals surface area contributed by atoms with Crippen molar-refractivity contribution in [1.82, 2.24) is 0 Å². The van der Waals surface area contributed by atoms with Gasteiger partial charge in [-0.3, -0.25) is 0 Å². The van der Waals surface area contributed by atoms with Crippen LogP contribution in [0.3, 0.4) is 0 Å². The van der Waals surface area contributed by atoms with Crippen molar-refractivity contribution >= 4 is 27.5 Å². The van der Waals surface area contributed by atoms with Crippen LogP contribution in [0.4, 0.5) is 0 Å². The lowest BCUT2D eigenvalue weighted by Gasteiger charge is -2.23. The molecule has 0 saturated carbocycles. The fourth-order valence-electron chi connectivity index (χ4n) is 2.99. The third kappa shape index (κ3) is 1.57.